The number of alkyl halides is 5. The van der Waals surface area contributed by atoms with Crippen molar-refractivity contribution in [1.82, 2.24) is 34.8 Å². The summed E-state index contributed by atoms with van der Waals surface area (Å²) < 4.78 is 104. The SMILES string of the molecule is CN1CCN(c2ccc(-c3ccc(Cl)c4c(N)nn(C)c34)c(C(Cc3cc(F)cc(F)c3)NC(=O)Cn3nc(C(F)(F)F)c4c3C(F)(F)C3C#CC43)n2)CC1. The number of carbonyl (C=O) groups excluding carboxylic acids is 1. The maximum absolute atomic E-state index is 15.5. The molecule has 5 aromatic rings. The fourth-order valence-corrected chi connectivity index (χ4v) is 7.98. The van der Waals surface area contributed by atoms with Gasteiger partial charge in [-0.1, -0.05) is 29.5 Å². The molecule has 2 aliphatic carbocycles. The summed E-state index contributed by atoms with van der Waals surface area (Å²) in [6.45, 7) is 1.60. The summed E-state index contributed by atoms with van der Waals surface area (Å²) >= 11 is 6.54. The summed E-state index contributed by atoms with van der Waals surface area (Å²) in [4.78, 5) is 23.2. The molecule has 3 atom stereocenters. The minimum atomic E-state index is -5.10. The van der Waals surface area contributed by atoms with Gasteiger partial charge in [-0.2, -0.15) is 32.1 Å². The number of hydrogen-bond acceptors (Lipinski definition) is 7. The number of amides is 1. The predicted octanol–water partition coefficient (Wildman–Crippen LogP) is 6.04. The second kappa shape index (κ2) is 13.2. The minimum absolute atomic E-state index is 0.103. The number of anilines is 2. The Morgan fingerprint density at radius 3 is 2.36 bits per heavy atom. The van der Waals surface area contributed by atoms with Crippen molar-refractivity contribution < 1.29 is 35.5 Å². The highest BCUT2D eigenvalue weighted by molar-refractivity contribution is 6.37. The highest BCUT2D eigenvalue weighted by atomic mass is 35.5. The molecule has 18 heteroatoms. The summed E-state index contributed by atoms with van der Waals surface area (Å²) in [6.07, 6.45) is -5.37. The van der Waals surface area contributed by atoms with Crippen molar-refractivity contribution in [3.8, 4) is 23.0 Å². The summed E-state index contributed by atoms with van der Waals surface area (Å²) in [5, 5.41) is 11.3. The van der Waals surface area contributed by atoms with E-state index in [0.29, 0.717) is 56.7 Å². The van der Waals surface area contributed by atoms with E-state index in [1.165, 1.54) is 4.68 Å². The average molecular weight is 786 g/mol. The molecule has 3 N–H and O–H groups in total. The van der Waals surface area contributed by atoms with Crippen LogP contribution in [0.25, 0.3) is 22.0 Å². The molecular weight excluding hydrogens is 755 g/mol. The van der Waals surface area contributed by atoms with Crippen LogP contribution in [0.4, 0.5) is 42.4 Å². The van der Waals surface area contributed by atoms with Crippen LogP contribution in [0.3, 0.4) is 0 Å². The van der Waals surface area contributed by atoms with Crippen LogP contribution in [0.2, 0.25) is 5.02 Å². The lowest BCUT2D eigenvalue weighted by molar-refractivity contribution is -0.142. The molecular formula is C37H31ClF7N9O. The average Bonchev–Trinajstić information content (AvgIpc) is 3.65. The molecule has 55 heavy (non-hydrogen) atoms. The number of nitrogens with two attached hydrogens (primary N) is 1. The molecule has 1 aliphatic heterocycles. The molecule has 10 nitrogen and oxygen atoms in total. The molecule has 3 aliphatic rings. The third kappa shape index (κ3) is 6.30. The van der Waals surface area contributed by atoms with Crippen LogP contribution in [-0.2, 0) is 36.9 Å². The third-order valence-corrected chi connectivity index (χ3v) is 10.6. The van der Waals surface area contributed by atoms with Gasteiger partial charge in [0, 0.05) is 56.0 Å². The Kier molecular flexibility index (Phi) is 8.76. The van der Waals surface area contributed by atoms with Crippen LogP contribution in [0.5, 0.6) is 0 Å². The number of halogens is 8. The first kappa shape index (κ1) is 36.6. The second-order valence-corrected chi connectivity index (χ2v) is 14.4. The van der Waals surface area contributed by atoms with Gasteiger partial charge in [0.05, 0.1) is 33.6 Å². The highest BCUT2D eigenvalue weighted by Gasteiger charge is 2.62. The number of carbonyl (C=O) groups is 1. The van der Waals surface area contributed by atoms with Crippen molar-refractivity contribution in [1.29, 1.82) is 0 Å². The summed E-state index contributed by atoms with van der Waals surface area (Å²) in [5.74, 6) is -4.36. The fourth-order valence-electron chi connectivity index (χ4n) is 7.73. The van der Waals surface area contributed by atoms with E-state index in [9.17, 15) is 26.7 Å². The van der Waals surface area contributed by atoms with Crippen molar-refractivity contribution >= 4 is 40.0 Å². The number of rotatable bonds is 8. The minimum Gasteiger partial charge on any atom is -0.382 e. The Morgan fingerprint density at radius 1 is 1.02 bits per heavy atom. The largest absolute Gasteiger partial charge is 0.435 e. The number of likely N-dealkylation sites (N-methyl/N-ethyl adjacent to an activating group) is 1. The number of hydrogen-bond donors (Lipinski definition) is 2. The van der Waals surface area contributed by atoms with Crippen LogP contribution in [0.1, 0.15) is 40.2 Å². The zero-order valence-electron chi connectivity index (χ0n) is 29.2. The Hall–Kier alpha value is -5.34. The fraction of sp³-hybridized carbons (Fsp3) is 0.351. The van der Waals surface area contributed by atoms with Gasteiger partial charge < -0.3 is 20.9 Å². The van der Waals surface area contributed by atoms with E-state index in [1.807, 2.05) is 11.9 Å². The van der Waals surface area contributed by atoms with Gasteiger partial charge in [0.15, 0.2) is 11.5 Å². The number of nitrogens with zero attached hydrogens (tertiary/aromatic N) is 7. The normalized spacial score (nSPS) is 19.4. The molecule has 0 radical (unpaired) electrons. The van der Waals surface area contributed by atoms with Crippen molar-refractivity contribution in [2.75, 3.05) is 43.9 Å². The quantitative estimate of drug-likeness (QED) is 0.146. The van der Waals surface area contributed by atoms with Crippen molar-refractivity contribution in [2.45, 2.75) is 37.0 Å². The lowest BCUT2D eigenvalue weighted by atomic mass is 9.84. The number of aromatic nitrogens is 5. The Balaban J connectivity index is 1.26. The number of fused-ring (bicyclic) bond motifs is 4. The third-order valence-electron chi connectivity index (χ3n) is 10.3. The van der Waals surface area contributed by atoms with Gasteiger partial charge in [-0.25, -0.2) is 13.8 Å². The molecule has 1 saturated heterocycles. The second-order valence-electron chi connectivity index (χ2n) is 14.0. The Morgan fingerprint density at radius 2 is 1.71 bits per heavy atom. The maximum atomic E-state index is 15.5. The summed E-state index contributed by atoms with van der Waals surface area (Å²) in [7, 11) is 3.64. The van der Waals surface area contributed by atoms with Gasteiger partial charge in [0.2, 0.25) is 5.91 Å². The molecule has 1 amide bonds. The highest BCUT2D eigenvalue weighted by Crippen LogP contribution is 2.58. The standard InChI is InChI=1S/C37H31ClF7N9O/c1-51-9-11-53(12-10-51)27-8-5-21(22-4-7-25(38)30-32(22)52(2)50-35(30)46)31(48-27)26(15-18-13-19(39)16-20(40)14-18)47-28(55)17-54-34-29(33(49-54)37(43,44)45)23-3-6-24(23)36(34,41)42/h4-5,7-8,13-14,16,23-24,26H,9-12,15,17H2,1-2H3,(H2,46,50)(H,47,55). The van der Waals surface area contributed by atoms with Crippen LogP contribution < -0.4 is 16.0 Å². The van der Waals surface area contributed by atoms with E-state index in [0.717, 1.165) is 25.2 Å². The van der Waals surface area contributed by atoms with Gasteiger partial charge >= 0.3 is 12.1 Å². The first-order valence-electron chi connectivity index (χ1n) is 17.2. The van der Waals surface area contributed by atoms with E-state index in [1.54, 1.807) is 31.3 Å². The van der Waals surface area contributed by atoms with Gasteiger partial charge in [-0.05, 0) is 49.4 Å². The molecule has 0 saturated carbocycles. The topological polar surface area (TPSA) is 110 Å². The van der Waals surface area contributed by atoms with Crippen LogP contribution in [-0.4, -0.2) is 68.6 Å². The van der Waals surface area contributed by atoms with Crippen molar-refractivity contribution in [2.24, 2.45) is 13.0 Å². The van der Waals surface area contributed by atoms with Gasteiger partial charge in [0.1, 0.15) is 35.6 Å². The number of pyridine rings is 1. The zero-order chi connectivity index (χ0) is 39.1. The molecule has 0 bridgehead atoms. The molecule has 286 valence electrons. The number of nitrogens with one attached hydrogen (secondary N) is 1. The van der Waals surface area contributed by atoms with Crippen LogP contribution >= 0.6 is 11.6 Å². The summed E-state index contributed by atoms with van der Waals surface area (Å²) in [5.41, 5.74) is 4.68. The van der Waals surface area contributed by atoms with E-state index in [-0.39, 0.29) is 23.5 Å². The monoisotopic (exact) mass is 785 g/mol. The first-order chi connectivity index (χ1) is 26.0. The van der Waals surface area contributed by atoms with E-state index in [4.69, 9.17) is 22.3 Å². The maximum Gasteiger partial charge on any atom is 0.435 e. The van der Waals surface area contributed by atoms with Crippen LogP contribution in [0.15, 0.2) is 42.5 Å². The van der Waals surface area contributed by atoms with E-state index in [2.05, 4.69) is 32.3 Å². The number of piperazine rings is 1. The Labute approximate surface area is 314 Å². The number of nitrogen functional groups attached to an aromatic ring is 1. The van der Waals surface area contributed by atoms with Crippen molar-refractivity contribution in [3.63, 3.8) is 0 Å². The van der Waals surface area contributed by atoms with Gasteiger partial charge in [-0.15, -0.1) is 0 Å². The first-order valence-corrected chi connectivity index (χ1v) is 17.6. The molecule has 0 spiro atoms. The molecule has 8 rings (SSSR count). The zero-order valence-corrected chi connectivity index (χ0v) is 29.9. The summed E-state index contributed by atoms with van der Waals surface area (Å²) in [6, 6.07) is 8.46. The molecule has 1 fully saturated rings. The van der Waals surface area contributed by atoms with Crippen LogP contribution in [0, 0.1) is 29.4 Å². The Bertz CT molecular complexity index is 2420. The number of aryl methyl sites for hydroxylation is 1. The van der Waals surface area contributed by atoms with Crippen molar-refractivity contribution in [3.05, 3.63) is 87.3 Å². The van der Waals surface area contributed by atoms with Gasteiger partial charge in [0.25, 0.3) is 0 Å². The number of benzene rings is 2. The predicted molar refractivity (Wildman–Crippen MR) is 189 cm³/mol. The van der Waals surface area contributed by atoms with E-state index >= 15 is 8.78 Å². The molecule has 3 unspecified atom stereocenters. The molecule has 3 aromatic heterocycles. The smallest absolute Gasteiger partial charge is 0.382 e. The van der Waals surface area contributed by atoms with E-state index < -0.39 is 71.0 Å². The lowest BCUT2D eigenvalue weighted by Gasteiger charge is -2.34. The molecule has 4 heterocycles. The van der Waals surface area contributed by atoms with Gasteiger partial charge in [-0.3, -0.25) is 14.2 Å². The lowest BCUT2D eigenvalue weighted by Crippen LogP contribution is -2.45. The molecule has 2 aromatic carbocycles.